The van der Waals surface area contributed by atoms with Gasteiger partial charge in [0.15, 0.2) is 0 Å². The van der Waals surface area contributed by atoms with Gasteiger partial charge in [0, 0.05) is 53.4 Å². The number of pyridine rings is 1. The molecule has 4 aromatic rings. The molecule has 1 aromatic carbocycles. The van der Waals surface area contributed by atoms with Crippen molar-refractivity contribution in [3.8, 4) is 0 Å². The largest absolute Gasteiger partial charge is 0.461 e. The highest BCUT2D eigenvalue weighted by Gasteiger charge is 2.27. The van der Waals surface area contributed by atoms with Crippen LogP contribution in [0.4, 0.5) is 5.69 Å². The number of para-hydroxylation sites is 1. The third kappa shape index (κ3) is 3.34. The molecule has 7 nitrogen and oxygen atoms in total. The third-order valence-corrected chi connectivity index (χ3v) is 4.56. The molecule has 0 aliphatic rings. The number of aromatic amines is 1. The van der Waals surface area contributed by atoms with E-state index in [9.17, 15) is 4.79 Å². The molecule has 0 amide bonds. The first kappa shape index (κ1) is 17.8. The van der Waals surface area contributed by atoms with E-state index in [4.69, 9.17) is 4.74 Å². The number of ether oxygens (including phenoxy) is 1. The van der Waals surface area contributed by atoms with Crippen LogP contribution in [0, 0.1) is 0 Å². The van der Waals surface area contributed by atoms with Crippen molar-refractivity contribution in [3.05, 3.63) is 78.0 Å². The topological polar surface area (TPSA) is 84.8 Å². The molecule has 0 fully saturated rings. The fourth-order valence-electron chi connectivity index (χ4n) is 3.35. The molecule has 2 N–H and O–H groups in total. The van der Waals surface area contributed by atoms with E-state index in [2.05, 4.69) is 20.4 Å². The van der Waals surface area contributed by atoms with Crippen molar-refractivity contribution < 1.29 is 9.53 Å². The lowest BCUT2D eigenvalue weighted by atomic mass is 9.97. The first-order chi connectivity index (χ1) is 13.7. The Labute approximate surface area is 162 Å². The number of fused-ring (bicyclic) bond motifs is 1. The zero-order valence-corrected chi connectivity index (χ0v) is 15.7. The van der Waals surface area contributed by atoms with Gasteiger partial charge in [-0.2, -0.15) is 5.10 Å². The Hall–Kier alpha value is -3.61. The second kappa shape index (κ2) is 7.56. The van der Waals surface area contributed by atoms with Crippen LogP contribution in [0.1, 0.15) is 34.6 Å². The van der Waals surface area contributed by atoms with Crippen molar-refractivity contribution in [1.29, 1.82) is 0 Å². The summed E-state index contributed by atoms with van der Waals surface area (Å²) >= 11 is 0. The summed E-state index contributed by atoms with van der Waals surface area (Å²) in [5.74, 6) is -0.376. The predicted octanol–water partition coefficient (Wildman–Crippen LogP) is 3.67. The van der Waals surface area contributed by atoms with E-state index in [1.54, 1.807) is 30.2 Å². The van der Waals surface area contributed by atoms with Crippen molar-refractivity contribution >= 4 is 22.6 Å². The van der Waals surface area contributed by atoms with Crippen LogP contribution >= 0.6 is 0 Å². The van der Waals surface area contributed by atoms with Crippen molar-refractivity contribution in [2.24, 2.45) is 7.05 Å². The Morgan fingerprint density at radius 3 is 2.75 bits per heavy atom. The number of benzene rings is 1. The number of hydrogen-bond donors (Lipinski definition) is 2. The number of nitrogens with one attached hydrogen (secondary N) is 2. The van der Waals surface area contributed by atoms with Gasteiger partial charge in [-0.25, -0.2) is 4.79 Å². The molecule has 0 spiro atoms. The van der Waals surface area contributed by atoms with Crippen LogP contribution in [0.25, 0.3) is 10.9 Å². The Kier molecular flexibility index (Phi) is 4.80. The summed E-state index contributed by atoms with van der Waals surface area (Å²) in [5, 5.41) is 8.80. The number of aromatic nitrogens is 4. The average molecular weight is 375 g/mol. The second-order valence-electron chi connectivity index (χ2n) is 6.44. The summed E-state index contributed by atoms with van der Waals surface area (Å²) in [4.78, 5) is 20.0. The van der Waals surface area contributed by atoms with Crippen molar-refractivity contribution in [2.45, 2.75) is 13.0 Å². The summed E-state index contributed by atoms with van der Waals surface area (Å²) in [7, 11) is 1.87. The lowest BCUT2D eigenvalue weighted by Gasteiger charge is -2.20. The Morgan fingerprint density at radius 1 is 1.25 bits per heavy atom. The normalized spacial score (nSPS) is 12.1. The maximum atomic E-state index is 12.7. The SMILES string of the molecule is CCOC(=O)c1[nH]c2ccccc2c1C(Nc1ccncc1)c1cnn(C)c1. The highest BCUT2D eigenvalue weighted by Crippen LogP contribution is 2.35. The zero-order valence-electron chi connectivity index (χ0n) is 15.7. The van der Waals surface area contributed by atoms with Gasteiger partial charge in [0.1, 0.15) is 5.69 Å². The minimum absolute atomic E-state index is 0.299. The van der Waals surface area contributed by atoms with Gasteiger partial charge in [-0.05, 0) is 25.1 Å². The lowest BCUT2D eigenvalue weighted by molar-refractivity contribution is 0.0519. The van der Waals surface area contributed by atoms with E-state index >= 15 is 0 Å². The summed E-state index contributed by atoms with van der Waals surface area (Å²) in [6, 6.07) is 11.3. The first-order valence-corrected chi connectivity index (χ1v) is 9.10. The van der Waals surface area contributed by atoms with E-state index in [0.29, 0.717) is 12.3 Å². The monoisotopic (exact) mass is 375 g/mol. The van der Waals surface area contributed by atoms with Crippen molar-refractivity contribution in [2.75, 3.05) is 11.9 Å². The van der Waals surface area contributed by atoms with Crippen LogP contribution in [-0.2, 0) is 11.8 Å². The standard InChI is InChI=1S/C21H21N5O2/c1-3-28-21(27)20-18(16-6-4-5-7-17(16)25-20)19(14-12-23-26(2)13-14)24-15-8-10-22-11-9-15/h4-13,19,25H,3H2,1-2H3,(H,22,24). The van der Waals surface area contributed by atoms with Gasteiger partial charge in [-0.1, -0.05) is 18.2 Å². The van der Waals surface area contributed by atoms with E-state index < -0.39 is 0 Å². The minimum Gasteiger partial charge on any atom is -0.461 e. The maximum Gasteiger partial charge on any atom is 0.355 e. The third-order valence-electron chi connectivity index (χ3n) is 4.56. The quantitative estimate of drug-likeness (QED) is 0.502. The van der Waals surface area contributed by atoms with Crippen LogP contribution in [0.5, 0.6) is 0 Å². The van der Waals surface area contributed by atoms with Gasteiger partial charge < -0.3 is 15.0 Å². The summed E-state index contributed by atoms with van der Waals surface area (Å²) in [6.45, 7) is 2.11. The molecule has 0 saturated heterocycles. The Bertz CT molecular complexity index is 1100. The van der Waals surface area contributed by atoms with E-state index in [1.807, 2.05) is 49.6 Å². The molecule has 0 aliphatic heterocycles. The number of aryl methyl sites for hydroxylation is 1. The van der Waals surface area contributed by atoms with E-state index in [1.165, 1.54) is 0 Å². The average Bonchev–Trinajstić information content (AvgIpc) is 3.31. The lowest BCUT2D eigenvalue weighted by Crippen LogP contribution is -2.17. The Morgan fingerprint density at radius 2 is 2.04 bits per heavy atom. The molecule has 4 rings (SSSR count). The molecule has 1 atom stereocenters. The van der Waals surface area contributed by atoms with E-state index in [0.717, 1.165) is 27.7 Å². The molecule has 3 aromatic heterocycles. The van der Waals surface area contributed by atoms with E-state index in [-0.39, 0.29) is 12.0 Å². The second-order valence-corrected chi connectivity index (χ2v) is 6.44. The fraction of sp³-hybridized carbons (Fsp3) is 0.190. The van der Waals surface area contributed by atoms with Crippen LogP contribution < -0.4 is 5.32 Å². The van der Waals surface area contributed by atoms with Crippen molar-refractivity contribution in [3.63, 3.8) is 0 Å². The molecule has 1 unspecified atom stereocenters. The molecule has 0 aliphatic carbocycles. The highest BCUT2D eigenvalue weighted by molar-refractivity contribution is 5.99. The number of anilines is 1. The van der Waals surface area contributed by atoms with Crippen molar-refractivity contribution in [1.82, 2.24) is 19.7 Å². The smallest absolute Gasteiger partial charge is 0.355 e. The van der Waals surface area contributed by atoms with Crippen LogP contribution in [0.2, 0.25) is 0 Å². The summed E-state index contributed by atoms with van der Waals surface area (Å²) in [5.41, 5.74) is 3.99. The van der Waals surface area contributed by atoms with Gasteiger partial charge in [0.25, 0.3) is 0 Å². The van der Waals surface area contributed by atoms with Crippen LogP contribution in [-0.4, -0.2) is 32.3 Å². The van der Waals surface area contributed by atoms with Gasteiger partial charge in [0.2, 0.25) is 0 Å². The first-order valence-electron chi connectivity index (χ1n) is 9.10. The highest BCUT2D eigenvalue weighted by atomic mass is 16.5. The molecule has 142 valence electrons. The number of rotatable bonds is 6. The number of hydrogen-bond acceptors (Lipinski definition) is 5. The number of H-pyrrole nitrogens is 1. The summed E-state index contributed by atoms with van der Waals surface area (Å²) < 4.78 is 7.06. The van der Waals surface area contributed by atoms with Crippen LogP contribution in [0.15, 0.2) is 61.2 Å². The molecule has 0 radical (unpaired) electrons. The molecular weight excluding hydrogens is 354 g/mol. The molecule has 7 heteroatoms. The predicted molar refractivity (Wildman–Crippen MR) is 107 cm³/mol. The molecule has 3 heterocycles. The fourth-order valence-corrected chi connectivity index (χ4v) is 3.35. The number of carbonyl (C=O) groups is 1. The molecular formula is C21H21N5O2. The summed E-state index contributed by atoms with van der Waals surface area (Å²) in [6.07, 6.45) is 7.19. The molecule has 0 bridgehead atoms. The molecule has 28 heavy (non-hydrogen) atoms. The number of carbonyl (C=O) groups excluding carboxylic acids is 1. The number of esters is 1. The molecule has 0 saturated carbocycles. The Balaban J connectivity index is 1.91. The van der Waals surface area contributed by atoms with Gasteiger partial charge in [-0.3, -0.25) is 9.67 Å². The van der Waals surface area contributed by atoms with Gasteiger partial charge in [0.05, 0.1) is 18.8 Å². The van der Waals surface area contributed by atoms with Crippen LogP contribution in [0.3, 0.4) is 0 Å². The number of nitrogens with zero attached hydrogens (tertiary/aromatic N) is 3. The van der Waals surface area contributed by atoms with Gasteiger partial charge >= 0.3 is 5.97 Å². The van der Waals surface area contributed by atoms with Gasteiger partial charge in [-0.15, -0.1) is 0 Å². The minimum atomic E-state index is -0.376. The maximum absolute atomic E-state index is 12.7. The zero-order chi connectivity index (χ0) is 19.5.